The van der Waals surface area contributed by atoms with Gasteiger partial charge in [0.05, 0.1) is 5.69 Å². The molecule has 82 valence electrons. The highest BCUT2D eigenvalue weighted by atomic mass is 16.3. The van der Waals surface area contributed by atoms with Gasteiger partial charge < -0.3 is 10.8 Å². The maximum absolute atomic E-state index is 9.95. The molecule has 4 nitrogen and oxygen atoms in total. The van der Waals surface area contributed by atoms with Crippen molar-refractivity contribution in [2.75, 3.05) is 5.73 Å². The number of fused-ring (bicyclic) bond motifs is 1. The molecule has 0 saturated carbocycles. The zero-order valence-electron chi connectivity index (χ0n) is 8.83. The van der Waals surface area contributed by atoms with Gasteiger partial charge in [-0.2, -0.15) is 5.10 Å². The largest absolute Gasteiger partial charge is 0.507 e. The van der Waals surface area contributed by atoms with Gasteiger partial charge in [0, 0.05) is 11.6 Å². The number of nitrogens with zero attached hydrogens (tertiary/aromatic N) is 1. The quantitative estimate of drug-likeness (QED) is 0.679. The molecule has 0 spiro atoms. The molecule has 0 fully saturated rings. The maximum Gasteiger partial charge on any atom is 0.145 e. The van der Waals surface area contributed by atoms with Crippen LogP contribution in [0.4, 0.5) is 5.82 Å². The highest BCUT2D eigenvalue weighted by Crippen LogP contribution is 2.34. The van der Waals surface area contributed by atoms with Gasteiger partial charge in [0.2, 0.25) is 0 Å². The number of nitrogens with two attached hydrogens (primary N) is 1. The SMILES string of the molecule is Nc1cc(-c2cc3c(cc2O)CCC3)[nH]n1. The minimum atomic E-state index is 0.296. The van der Waals surface area contributed by atoms with E-state index in [1.54, 1.807) is 6.07 Å². The van der Waals surface area contributed by atoms with E-state index in [4.69, 9.17) is 5.73 Å². The van der Waals surface area contributed by atoms with Crippen LogP contribution in [-0.2, 0) is 12.8 Å². The Morgan fingerprint density at radius 1 is 1.19 bits per heavy atom. The molecule has 0 unspecified atom stereocenters. The predicted molar refractivity (Wildman–Crippen MR) is 62.1 cm³/mol. The number of nitrogen functional groups attached to an aromatic ring is 1. The molecule has 0 atom stereocenters. The number of phenols is 1. The lowest BCUT2D eigenvalue weighted by Crippen LogP contribution is -1.86. The van der Waals surface area contributed by atoms with Gasteiger partial charge in [-0.25, -0.2) is 0 Å². The van der Waals surface area contributed by atoms with Crippen LogP contribution in [0, 0.1) is 0 Å². The first kappa shape index (κ1) is 9.27. The summed E-state index contributed by atoms with van der Waals surface area (Å²) in [6, 6.07) is 5.62. The molecule has 0 saturated heterocycles. The highest BCUT2D eigenvalue weighted by Gasteiger charge is 2.16. The van der Waals surface area contributed by atoms with Crippen molar-refractivity contribution in [3.8, 4) is 17.0 Å². The second kappa shape index (κ2) is 3.27. The third kappa shape index (κ3) is 1.34. The molecule has 2 aromatic rings. The number of aryl methyl sites for hydroxylation is 2. The Kier molecular flexibility index (Phi) is 1.89. The second-order valence-corrected chi connectivity index (χ2v) is 4.20. The summed E-state index contributed by atoms with van der Waals surface area (Å²) >= 11 is 0. The van der Waals surface area contributed by atoms with Crippen molar-refractivity contribution >= 4 is 5.82 Å². The van der Waals surface area contributed by atoms with Crippen LogP contribution in [0.5, 0.6) is 5.75 Å². The van der Waals surface area contributed by atoms with Gasteiger partial charge >= 0.3 is 0 Å². The van der Waals surface area contributed by atoms with Crippen molar-refractivity contribution in [3.63, 3.8) is 0 Å². The molecule has 0 bridgehead atoms. The zero-order chi connectivity index (χ0) is 11.1. The van der Waals surface area contributed by atoms with Gasteiger partial charge in [0.25, 0.3) is 0 Å². The van der Waals surface area contributed by atoms with E-state index in [9.17, 15) is 5.11 Å². The third-order valence-corrected chi connectivity index (χ3v) is 3.10. The molecule has 0 radical (unpaired) electrons. The van der Waals surface area contributed by atoms with Crippen molar-refractivity contribution in [1.29, 1.82) is 0 Å². The third-order valence-electron chi connectivity index (χ3n) is 3.10. The molecule has 0 aliphatic heterocycles. The van der Waals surface area contributed by atoms with Gasteiger partial charge in [0.1, 0.15) is 11.6 Å². The number of hydrogen-bond donors (Lipinski definition) is 3. The standard InChI is InChI=1S/C12H13N3O/c13-12-6-10(14-15-12)9-4-7-2-1-3-8(7)5-11(9)16/h4-6,16H,1-3H2,(H3,13,14,15). The summed E-state index contributed by atoms with van der Waals surface area (Å²) in [6.07, 6.45) is 3.32. The topological polar surface area (TPSA) is 74.9 Å². The maximum atomic E-state index is 9.95. The average Bonchev–Trinajstić information content (AvgIpc) is 2.84. The summed E-state index contributed by atoms with van der Waals surface area (Å²) in [6.45, 7) is 0. The normalized spacial score (nSPS) is 14.0. The van der Waals surface area contributed by atoms with E-state index in [0.29, 0.717) is 11.6 Å². The fraction of sp³-hybridized carbons (Fsp3) is 0.250. The molecular weight excluding hydrogens is 202 g/mol. The number of H-pyrrole nitrogens is 1. The number of aromatic amines is 1. The van der Waals surface area contributed by atoms with Crippen LogP contribution < -0.4 is 5.73 Å². The van der Waals surface area contributed by atoms with E-state index in [0.717, 1.165) is 24.1 Å². The van der Waals surface area contributed by atoms with Crippen molar-refractivity contribution in [1.82, 2.24) is 10.2 Å². The first-order chi connectivity index (χ1) is 7.74. The Morgan fingerprint density at radius 2 is 1.94 bits per heavy atom. The smallest absolute Gasteiger partial charge is 0.145 e. The number of phenolic OH excluding ortho intramolecular Hbond substituents is 1. The minimum absolute atomic E-state index is 0.296. The lowest BCUT2D eigenvalue weighted by atomic mass is 10.0. The number of aromatic hydroxyl groups is 1. The van der Waals surface area contributed by atoms with Crippen LogP contribution in [0.25, 0.3) is 11.3 Å². The van der Waals surface area contributed by atoms with E-state index >= 15 is 0 Å². The molecule has 1 aromatic carbocycles. The lowest BCUT2D eigenvalue weighted by Gasteiger charge is -2.06. The van der Waals surface area contributed by atoms with Crippen molar-refractivity contribution in [3.05, 3.63) is 29.3 Å². The summed E-state index contributed by atoms with van der Waals surface area (Å²) < 4.78 is 0. The van der Waals surface area contributed by atoms with Crippen LogP contribution >= 0.6 is 0 Å². The van der Waals surface area contributed by atoms with E-state index in [-0.39, 0.29) is 0 Å². The van der Waals surface area contributed by atoms with E-state index < -0.39 is 0 Å². The molecule has 4 heteroatoms. The van der Waals surface area contributed by atoms with Gasteiger partial charge in [-0.05, 0) is 42.5 Å². The van der Waals surface area contributed by atoms with E-state index in [2.05, 4.69) is 10.2 Å². The van der Waals surface area contributed by atoms with E-state index in [1.165, 1.54) is 17.5 Å². The van der Waals surface area contributed by atoms with Crippen molar-refractivity contribution in [2.45, 2.75) is 19.3 Å². The minimum Gasteiger partial charge on any atom is -0.507 e. The van der Waals surface area contributed by atoms with Crippen LogP contribution in [0.2, 0.25) is 0 Å². The summed E-state index contributed by atoms with van der Waals surface area (Å²) in [5, 5.41) is 16.6. The average molecular weight is 215 g/mol. The van der Waals surface area contributed by atoms with Crippen LogP contribution in [-0.4, -0.2) is 15.3 Å². The Hall–Kier alpha value is -1.97. The fourth-order valence-electron chi connectivity index (χ4n) is 2.30. The van der Waals surface area contributed by atoms with Gasteiger partial charge in [0.15, 0.2) is 0 Å². The number of nitrogens with one attached hydrogen (secondary N) is 1. The van der Waals surface area contributed by atoms with Crippen LogP contribution in [0.3, 0.4) is 0 Å². The predicted octanol–water partition coefficient (Wildman–Crippen LogP) is 1.85. The Bertz CT molecular complexity index is 545. The molecular formula is C12H13N3O. The molecule has 1 aliphatic rings. The van der Waals surface area contributed by atoms with Gasteiger partial charge in [-0.3, -0.25) is 5.10 Å². The molecule has 0 amide bonds. The monoisotopic (exact) mass is 215 g/mol. The second-order valence-electron chi connectivity index (χ2n) is 4.20. The fourth-order valence-corrected chi connectivity index (χ4v) is 2.30. The van der Waals surface area contributed by atoms with Gasteiger partial charge in [-0.1, -0.05) is 0 Å². The number of hydrogen-bond acceptors (Lipinski definition) is 3. The Labute approximate surface area is 93.1 Å². The zero-order valence-corrected chi connectivity index (χ0v) is 8.83. The first-order valence-electron chi connectivity index (χ1n) is 5.40. The number of benzene rings is 1. The summed E-state index contributed by atoms with van der Waals surface area (Å²) in [7, 11) is 0. The Balaban J connectivity index is 2.14. The lowest BCUT2D eigenvalue weighted by molar-refractivity contribution is 0.476. The molecule has 1 aliphatic carbocycles. The molecule has 3 rings (SSSR count). The van der Waals surface area contributed by atoms with Crippen molar-refractivity contribution < 1.29 is 5.11 Å². The van der Waals surface area contributed by atoms with Crippen molar-refractivity contribution in [2.24, 2.45) is 0 Å². The first-order valence-corrected chi connectivity index (χ1v) is 5.40. The molecule has 4 N–H and O–H groups in total. The van der Waals surface area contributed by atoms with Gasteiger partial charge in [-0.15, -0.1) is 0 Å². The van der Waals surface area contributed by atoms with E-state index in [1.807, 2.05) is 12.1 Å². The summed E-state index contributed by atoms with van der Waals surface area (Å²) in [5.41, 5.74) is 9.68. The summed E-state index contributed by atoms with van der Waals surface area (Å²) in [5.74, 6) is 0.735. The molecule has 16 heavy (non-hydrogen) atoms. The summed E-state index contributed by atoms with van der Waals surface area (Å²) in [4.78, 5) is 0. The molecule has 1 aromatic heterocycles. The Morgan fingerprint density at radius 3 is 2.62 bits per heavy atom. The number of rotatable bonds is 1. The highest BCUT2D eigenvalue weighted by molar-refractivity contribution is 5.70. The number of anilines is 1. The van der Waals surface area contributed by atoms with Crippen LogP contribution in [0.1, 0.15) is 17.5 Å². The molecule has 1 heterocycles. The number of aromatic nitrogens is 2. The van der Waals surface area contributed by atoms with Crippen LogP contribution in [0.15, 0.2) is 18.2 Å².